The molecular weight excluding hydrogens is 432 g/mol. The van der Waals surface area contributed by atoms with Crippen molar-refractivity contribution < 1.29 is 14.3 Å². The maximum Gasteiger partial charge on any atom is 0.271 e. The number of fused-ring (bicyclic) bond motifs is 1. The van der Waals surface area contributed by atoms with Crippen molar-refractivity contribution in [1.29, 1.82) is 0 Å². The van der Waals surface area contributed by atoms with Crippen molar-refractivity contribution in [3.05, 3.63) is 88.3 Å². The van der Waals surface area contributed by atoms with Gasteiger partial charge in [0, 0.05) is 0 Å². The third-order valence-corrected chi connectivity index (χ3v) is 6.67. The fourth-order valence-corrected chi connectivity index (χ4v) is 4.95. The molecular formula is C27H24N2O3S. The first-order valence-electron chi connectivity index (χ1n) is 11.1. The number of benzene rings is 3. The number of thioether (sulfide) groups is 1. The summed E-state index contributed by atoms with van der Waals surface area (Å²) in [6.45, 7) is 4.43. The third kappa shape index (κ3) is 4.14. The number of anilines is 1. The maximum absolute atomic E-state index is 13.7. The first-order chi connectivity index (χ1) is 16.2. The van der Waals surface area contributed by atoms with E-state index in [4.69, 9.17) is 14.5 Å². The highest BCUT2D eigenvalue weighted by Crippen LogP contribution is 2.40. The molecule has 6 heteroatoms. The maximum atomic E-state index is 13.7. The Kier molecular flexibility index (Phi) is 5.92. The van der Waals surface area contributed by atoms with Crippen LogP contribution in [0.25, 0.3) is 6.08 Å². The molecule has 2 aliphatic heterocycles. The SMILES string of the molecule is CCc1ccccc1N=C1S/C(=C/c2ccc3c(c2)OCO3)C(=O)N1c1ccccc1CC. The molecule has 5 nitrogen and oxygen atoms in total. The number of amides is 1. The summed E-state index contributed by atoms with van der Waals surface area (Å²) in [5, 5.41) is 0.661. The standard InChI is InChI=1S/C27H24N2O3S/c1-3-19-9-5-7-11-21(19)28-27-29(22-12-8-6-10-20(22)4-2)26(30)25(33-27)16-18-13-14-23-24(15-18)32-17-31-23/h5-16H,3-4,17H2,1-2H3/b25-16+,28-27?. The van der Waals surface area contributed by atoms with Crippen LogP contribution in [-0.4, -0.2) is 17.9 Å². The van der Waals surface area contributed by atoms with Crippen LogP contribution in [0, 0.1) is 0 Å². The summed E-state index contributed by atoms with van der Waals surface area (Å²) in [5.41, 5.74) is 4.90. The van der Waals surface area contributed by atoms with Crippen LogP contribution in [0.15, 0.2) is 76.6 Å². The number of aryl methyl sites for hydroxylation is 2. The molecule has 1 amide bonds. The molecule has 0 spiro atoms. The van der Waals surface area contributed by atoms with Gasteiger partial charge in [0.1, 0.15) is 0 Å². The number of rotatable bonds is 5. The van der Waals surface area contributed by atoms with Gasteiger partial charge in [-0.25, -0.2) is 4.99 Å². The second-order valence-corrected chi connectivity index (χ2v) is 8.73. The largest absolute Gasteiger partial charge is 0.454 e. The molecule has 0 bridgehead atoms. The molecule has 2 heterocycles. The summed E-state index contributed by atoms with van der Waals surface area (Å²) in [5.74, 6) is 1.34. The van der Waals surface area contributed by atoms with Crippen LogP contribution in [0.2, 0.25) is 0 Å². The van der Waals surface area contributed by atoms with E-state index in [-0.39, 0.29) is 12.7 Å². The number of amidine groups is 1. The van der Waals surface area contributed by atoms with E-state index in [1.165, 1.54) is 11.8 Å². The van der Waals surface area contributed by atoms with Crippen LogP contribution >= 0.6 is 11.8 Å². The topological polar surface area (TPSA) is 51.1 Å². The molecule has 3 aromatic carbocycles. The molecule has 0 N–H and O–H groups in total. The van der Waals surface area contributed by atoms with E-state index >= 15 is 0 Å². The van der Waals surface area contributed by atoms with Gasteiger partial charge in [-0.1, -0.05) is 56.3 Å². The van der Waals surface area contributed by atoms with Gasteiger partial charge in [-0.2, -0.15) is 0 Å². The predicted octanol–water partition coefficient (Wildman–Crippen LogP) is 6.35. The molecule has 0 aromatic heterocycles. The molecule has 0 unspecified atom stereocenters. The van der Waals surface area contributed by atoms with Crippen molar-refractivity contribution in [3.63, 3.8) is 0 Å². The van der Waals surface area contributed by atoms with Gasteiger partial charge in [0.25, 0.3) is 5.91 Å². The second-order valence-electron chi connectivity index (χ2n) is 7.72. The number of carbonyl (C=O) groups excluding carboxylic acids is 1. The first kappa shape index (κ1) is 21.3. The minimum absolute atomic E-state index is 0.0775. The normalized spacial score (nSPS) is 17.4. The van der Waals surface area contributed by atoms with Crippen molar-refractivity contribution in [2.45, 2.75) is 26.7 Å². The van der Waals surface area contributed by atoms with Crippen LogP contribution in [0.4, 0.5) is 11.4 Å². The van der Waals surface area contributed by atoms with Crippen LogP contribution in [0.3, 0.4) is 0 Å². The Morgan fingerprint density at radius 3 is 2.48 bits per heavy atom. The number of carbonyl (C=O) groups is 1. The van der Waals surface area contributed by atoms with Crippen LogP contribution in [-0.2, 0) is 17.6 Å². The monoisotopic (exact) mass is 456 g/mol. The highest BCUT2D eigenvalue weighted by atomic mass is 32.2. The fourth-order valence-electron chi connectivity index (χ4n) is 3.97. The van der Waals surface area contributed by atoms with Gasteiger partial charge in [0.2, 0.25) is 6.79 Å². The van der Waals surface area contributed by atoms with E-state index in [2.05, 4.69) is 26.0 Å². The van der Waals surface area contributed by atoms with Crippen molar-refractivity contribution in [2.24, 2.45) is 4.99 Å². The van der Waals surface area contributed by atoms with Crippen LogP contribution < -0.4 is 14.4 Å². The highest BCUT2D eigenvalue weighted by Gasteiger charge is 2.36. The smallest absolute Gasteiger partial charge is 0.271 e. The van der Waals surface area contributed by atoms with Crippen LogP contribution in [0.5, 0.6) is 11.5 Å². The Hall–Kier alpha value is -3.51. The van der Waals surface area contributed by atoms with Gasteiger partial charge in [-0.3, -0.25) is 9.69 Å². The van der Waals surface area contributed by atoms with Crippen molar-refractivity contribution >= 4 is 40.3 Å². The Bertz CT molecular complexity index is 1280. The zero-order chi connectivity index (χ0) is 22.8. The Balaban J connectivity index is 1.60. The quantitative estimate of drug-likeness (QED) is 0.420. The van der Waals surface area contributed by atoms with E-state index in [1.807, 2.05) is 60.7 Å². The summed E-state index contributed by atoms with van der Waals surface area (Å²) in [6, 6.07) is 21.8. The summed E-state index contributed by atoms with van der Waals surface area (Å²) in [7, 11) is 0. The number of hydrogen-bond acceptors (Lipinski definition) is 5. The zero-order valence-electron chi connectivity index (χ0n) is 18.6. The number of hydrogen-bond donors (Lipinski definition) is 0. The van der Waals surface area contributed by atoms with Gasteiger partial charge in [0.05, 0.1) is 16.3 Å². The van der Waals surface area contributed by atoms with E-state index in [9.17, 15) is 4.79 Å². The van der Waals surface area contributed by atoms with Crippen molar-refractivity contribution in [1.82, 2.24) is 0 Å². The molecule has 3 aromatic rings. The number of para-hydroxylation sites is 2. The number of aliphatic imine (C=N–C) groups is 1. The summed E-state index contributed by atoms with van der Waals surface area (Å²) >= 11 is 1.40. The van der Waals surface area contributed by atoms with E-state index in [0.717, 1.165) is 46.7 Å². The minimum atomic E-state index is -0.0775. The van der Waals surface area contributed by atoms with Crippen LogP contribution in [0.1, 0.15) is 30.5 Å². The van der Waals surface area contributed by atoms with Gasteiger partial charge < -0.3 is 9.47 Å². The lowest BCUT2D eigenvalue weighted by molar-refractivity contribution is -0.113. The molecule has 1 saturated heterocycles. The molecule has 0 aliphatic carbocycles. The third-order valence-electron chi connectivity index (χ3n) is 5.70. The highest BCUT2D eigenvalue weighted by molar-refractivity contribution is 8.19. The van der Waals surface area contributed by atoms with E-state index < -0.39 is 0 Å². The number of nitrogens with zero attached hydrogens (tertiary/aromatic N) is 2. The molecule has 166 valence electrons. The van der Waals surface area contributed by atoms with Gasteiger partial charge in [-0.15, -0.1) is 0 Å². The average Bonchev–Trinajstić information content (AvgIpc) is 3.43. The number of ether oxygens (including phenoxy) is 2. The average molecular weight is 457 g/mol. The van der Waals surface area contributed by atoms with Crippen molar-refractivity contribution in [2.75, 3.05) is 11.7 Å². The van der Waals surface area contributed by atoms with E-state index in [0.29, 0.717) is 15.8 Å². The second kappa shape index (κ2) is 9.16. The zero-order valence-corrected chi connectivity index (χ0v) is 19.4. The summed E-state index contributed by atoms with van der Waals surface area (Å²) in [4.78, 5) is 21.0. The fraction of sp³-hybridized carbons (Fsp3) is 0.185. The molecule has 0 saturated carbocycles. The molecule has 2 aliphatic rings. The molecule has 5 rings (SSSR count). The Labute approximate surface area is 197 Å². The molecule has 33 heavy (non-hydrogen) atoms. The van der Waals surface area contributed by atoms with Gasteiger partial charge >= 0.3 is 0 Å². The summed E-state index contributed by atoms with van der Waals surface area (Å²) in [6.07, 6.45) is 3.59. The predicted molar refractivity (Wildman–Crippen MR) is 134 cm³/mol. The van der Waals surface area contributed by atoms with Crippen molar-refractivity contribution in [3.8, 4) is 11.5 Å². The Morgan fingerprint density at radius 1 is 0.939 bits per heavy atom. The Morgan fingerprint density at radius 2 is 1.67 bits per heavy atom. The summed E-state index contributed by atoms with van der Waals surface area (Å²) < 4.78 is 10.9. The van der Waals surface area contributed by atoms with Gasteiger partial charge in [0.15, 0.2) is 16.7 Å². The molecule has 0 radical (unpaired) electrons. The lowest BCUT2D eigenvalue weighted by Crippen LogP contribution is -2.29. The lowest BCUT2D eigenvalue weighted by Gasteiger charge is -2.19. The van der Waals surface area contributed by atoms with E-state index in [1.54, 1.807) is 4.90 Å². The first-order valence-corrected chi connectivity index (χ1v) is 11.9. The lowest BCUT2D eigenvalue weighted by atomic mass is 10.1. The molecule has 1 fully saturated rings. The molecule has 0 atom stereocenters. The minimum Gasteiger partial charge on any atom is -0.454 e. The van der Waals surface area contributed by atoms with Gasteiger partial charge in [-0.05, 0) is 71.6 Å².